The molecular weight excluding hydrogens is 300 g/mol. The van der Waals surface area contributed by atoms with Crippen molar-refractivity contribution in [3.8, 4) is 0 Å². The zero-order valence-corrected chi connectivity index (χ0v) is 11.1. The summed E-state index contributed by atoms with van der Waals surface area (Å²) in [7, 11) is 0. The van der Waals surface area contributed by atoms with E-state index < -0.39 is 31.1 Å². The van der Waals surface area contributed by atoms with Crippen molar-refractivity contribution in [2.75, 3.05) is 6.61 Å². The van der Waals surface area contributed by atoms with Gasteiger partial charge >= 0.3 is 12.4 Å². The summed E-state index contributed by atoms with van der Waals surface area (Å²) in [5.41, 5.74) is 6.96. The van der Waals surface area contributed by atoms with E-state index >= 15 is 0 Å². The number of hydrogen-bond donors (Lipinski definition) is 1. The van der Waals surface area contributed by atoms with Crippen molar-refractivity contribution in [1.29, 1.82) is 0 Å². The highest BCUT2D eigenvalue weighted by Crippen LogP contribution is 2.36. The van der Waals surface area contributed by atoms with Gasteiger partial charge in [-0.05, 0) is 17.5 Å². The van der Waals surface area contributed by atoms with Gasteiger partial charge in [0.2, 0.25) is 6.10 Å². The zero-order chi connectivity index (χ0) is 16.3. The van der Waals surface area contributed by atoms with E-state index in [4.69, 9.17) is 5.73 Å². The highest BCUT2D eigenvalue weighted by Gasteiger charge is 2.58. The molecule has 0 spiro atoms. The summed E-state index contributed by atoms with van der Waals surface area (Å²) in [6, 6.07) is 5.47. The van der Waals surface area contributed by atoms with Crippen LogP contribution in [0.3, 0.4) is 0 Å². The van der Waals surface area contributed by atoms with Gasteiger partial charge in [0.25, 0.3) is 0 Å². The predicted octanol–water partition coefficient (Wildman–Crippen LogP) is 3.76. The van der Waals surface area contributed by atoms with Crippen molar-refractivity contribution < 1.29 is 31.1 Å². The second kappa shape index (κ2) is 6.65. The maximum absolute atomic E-state index is 12.3. The summed E-state index contributed by atoms with van der Waals surface area (Å²) in [6.07, 6.45) is -14.1. The van der Waals surface area contributed by atoms with Gasteiger partial charge in [-0.15, -0.1) is 0 Å². The van der Waals surface area contributed by atoms with Crippen LogP contribution in [0.1, 0.15) is 24.1 Å². The van der Waals surface area contributed by atoms with Gasteiger partial charge in [0.05, 0.1) is 12.6 Å². The molecule has 0 aromatic heterocycles. The molecule has 1 aromatic rings. The molecule has 0 aliphatic heterocycles. The lowest BCUT2D eigenvalue weighted by molar-refractivity contribution is -0.322. The van der Waals surface area contributed by atoms with E-state index in [2.05, 4.69) is 4.74 Å². The quantitative estimate of drug-likeness (QED) is 0.840. The van der Waals surface area contributed by atoms with Crippen LogP contribution < -0.4 is 5.73 Å². The molecule has 0 aliphatic carbocycles. The molecule has 0 heterocycles. The Morgan fingerprint density at radius 2 is 1.48 bits per heavy atom. The van der Waals surface area contributed by atoms with Crippen LogP contribution in [0, 0.1) is 0 Å². The van der Waals surface area contributed by atoms with Gasteiger partial charge in [0.1, 0.15) is 0 Å². The van der Waals surface area contributed by atoms with Crippen LogP contribution in [-0.4, -0.2) is 25.1 Å². The number of nitrogens with two attached hydrogens (primary N) is 1. The molecular formula is C13H15F6NO. The van der Waals surface area contributed by atoms with Gasteiger partial charge in [-0.1, -0.05) is 31.2 Å². The number of ether oxygens (including phenoxy) is 1. The van der Waals surface area contributed by atoms with E-state index in [9.17, 15) is 26.3 Å². The first-order chi connectivity index (χ1) is 9.55. The fourth-order valence-electron chi connectivity index (χ4n) is 1.67. The Morgan fingerprint density at radius 1 is 1.00 bits per heavy atom. The van der Waals surface area contributed by atoms with Crippen molar-refractivity contribution >= 4 is 0 Å². The minimum absolute atomic E-state index is 0.412. The van der Waals surface area contributed by atoms with Crippen molar-refractivity contribution in [2.24, 2.45) is 5.73 Å². The summed E-state index contributed by atoms with van der Waals surface area (Å²) in [4.78, 5) is 0. The Hall–Kier alpha value is -1.28. The molecule has 2 N–H and O–H groups in total. The van der Waals surface area contributed by atoms with Crippen LogP contribution in [0.4, 0.5) is 26.3 Å². The first-order valence-corrected chi connectivity index (χ1v) is 6.15. The summed E-state index contributed by atoms with van der Waals surface area (Å²) in [5.74, 6) is 0. The number of halogens is 6. The van der Waals surface area contributed by atoms with E-state index in [-0.39, 0.29) is 0 Å². The van der Waals surface area contributed by atoms with Gasteiger partial charge < -0.3 is 10.5 Å². The second-order valence-electron chi connectivity index (χ2n) is 4.50. The standard InChI is InChI=1S/C13H15F6NO/c1-2-8-3-5-9(6-4-8)10(20)7-21-11(12(14,15)16)13(17,18)19/h3-6,10-11H,2,7,20H2,1H3. The molecule has 0 aliphatic rings. The Bertz CT molecular complexity index is 425. The lowest BCUT2D eigenvalue weighted by Gasteiger charge is -2.24. The number of benzene rings is 1. The molecule has 2 nitrogen and oxygen atoms in total. The first kappa shape index (κ1) is 17.8. The monoisotopic (exact) mass is 315 g/mol. The Kier molecular flexibility index (Phi) is 5.63. The molecule has 0 saturated carbocycles. The first-order valence-electron chi connectivity index (χ1n) is 6.15. The molecule has 21 heavy (non-hydrogen) atoms. The Labute approximate surface area is 117 Å². The maximum Gasteiger partial charge on any atom is 0.423 e. The van der Waals surface area contributed by atoms with Crippen LogP contribution in [0.15, 0.2) is 24.3 Å². The van der Waals surface area contributed by atoms with Gasteiger partial charge in [-0.2, -0.15) is 26.3 Å². The summed E-state index contributed by atoms with van der Waals surface area (Å²) in [5, 5.41) is 0. The number of aryl methyl sites for hydroxylation is 1. The maximum atomic E-state index is 12.3. The molecule has 0 radical (unpaired) electrons. The van der Waals surface area contributed by atoms with Gasteiger partial charge in [-0.25, -0.2) is 0 Å². The second-order valence-corrected chi connectivity index (χ2v) is 4.50. The van der Waals surface area contributed by atoms with Crippen LogP contribution in [-0.2, 0) is 11.2 Å². The van der Waals surface area contributed by atoms with Gasteiger partial charge in [0, 0.05) is 0 Å². The van der Waals surface area contributed by atoms with E-state index in [0.717, 1.165) is 12.0 Å². The Balaban J connectivity index is 2.71. The minimum Gasteiger partial charge on any atom is -0.359 e. The molecule has 8 heteroatoms. The predicted molar refractivity (Wildman–Crippen MR) is 64.6 cm³/mol. The third kappa shape index (κ3) is 5.20. The molecule has 1 aromatic carbocycles. The van der Waals surface area contributed by atoms with E-state index in [1.165, 1.54) is 0 Å². The molecule has 120 valence electrons. The van der Waals surface area contributed by atoms with Gasteiger partial charge in [-0.3, -0.25) is 0 Å². The zero-order valence-electron chi connectivity index (χ0n) is 11.1. The van der Waals surface area contributed by atoms with Crippen LogP contribution >= 0.6 is 0 Å². The summed E-state index contributed by atoms with van der Waals surface area (Å²) >= 11 is 0. The van der Waals surface area contributed by atoms with Crippen molar-refractivity contribution in [1.82, 2.24) is 0 Å². The fourth-order valence-corrected chi connectivity index (χ4v) is 1.67. The fraction of sp³-hybridized carbons (Fsp3) is 0.538. The lowest BCUT2D eigenvalue weighted by Crippen LogP contribution is -2.45. The smallest absolute Gasteiger partial charge is 0.359 e. The third-order valence-corrected chi connectivity index (χ3v) is 2.85. The molecule has 1 atom stereocenters. The van der Waals surface area contributed by atoms with Crippen LogP contribution in [0.25, 0.3) is 0 Å². The lowest BCUT2D eigenvalue weighted by atomic mass is 10.1. The molecule has 0 bridgehead atoms. The minimum atomic E-state index is -5.52. The highest BCUT2D eigenvalue weighted by atomic mass is 19.4. The molecule has 1 rings (SSSR count). The van der Waals surface area contributed by atoms with Crippen LogP contribution in [0.2, 0.25) is 0 Å². The Morgan fingerprint density at radius 3 is 1.86 bits per heavy atom. The normalized spacial score (nSPS) is 14.5. The topological polar surface area (TPSA) is 35.2 Å². The molecule has 1 unspecified atom stereocenters. The number of alkyl halides is 6. The summed E-state index contributed by atoms with van der Waals surface area (Å²) < 4.78 is 77.7. The van der Waals surface area contributed by atoms with E-state index in [1.54, 1.807) is 24.3 Å². The highest BCUT2D eigenvalue weighted by molar-refractivity contribution is 5.24. The van der Waals surface area contributed by atoms with Crippen molar-refractivity contribution in [2.45, 2.75) is 37.8 Å². The van der Waals surface area contributed by atoms with Crippen molar-refractivity contribution in [3.63, 3.8) is 0 Å². The molecule has 0 amide bonds. The van der Waals surface area contributed by atoms with E-state index in [1.807, 2.05) is 6.92 Å². The summed E-state index contributed by atoms with van der Waals surface area (Å²) in [6.45, 7) is 1.03. The number of rotatable bonds is 5. The van der Waals surface area contributed by atoms with Crippen molar-refractivity contribution in [3.05, 3.63) is 35.4 Å². The SMILES string of the molecule is CCc1ccc(C(N)COC(C(F)(F)F)C(F)(F)F)cc1. The molecule has 0 fully saturated rings. The largest absolute Gasteiger partial charge is 0.423 e. The van der Waals surface area contributed by atoms with Gasteiger partial charge in [0.15, 0.2) is 0 Å². The average Bonchev–Trinajstić information content (AvgIpc) is 2.35. The van der Waals surface area contributed by atoms with E-state index in [0.29, 0.717) is 5.56 Å². The average molecular weight is 315 g/mol. The third-order valence-electron chi connectivity index (χ3n) is 2.85. The molecule has 0 saturated heterocycles. The number of hydrogen-bond acceptors (Lipinski definition) is 2. The van der Waals surface area contributed by atoms with Crippen LogP contribution in [0.5, 0.6) is 0 Å².